The highest BCUT2D eigenvalue weighted by molar-refractivity contribution is 6.21. The minimum atomic E-state index is -1.41. The van der Waals surface area contributed by atoms with Gasteiger partial charge in [-0.25, -0.2) is 14.2 Å². The van der Waals surface area contributed by atoms with Crippen molar-refractivity contribution < 1.29 is 18.8 Å². The Labute approximate surface area is 257 Å². The summed E-state index contributed by atoms with van der Waals surface area (Å²) in [6.45, 7) is 9.06. The van der Waals surface area contributed by atoms with Gasteiger partial charge in [-0.3, -0.25) is 14.5 Å². The summed E-state index contributed by atoms with van der Waals surface area (Å²) in [6.07, 6.45) is 1.47. The number of amides is 4. The van der Waals surface area contributed by atoms with Gasteiger partial charge in [-0.2, -0.15) is 0 Å². The SMILES string of the molecule is Cc1cccc(NC(=O)NC2N=C(c3ccccc3F)c3ccccc3N(CC(=O)N3CC4(C)CC3CC(C)(C)C4)C2=O)c1. The first-order valence-corrected chi connectivity index (χ1v) is 15.1. The maximum atomic E-state index is 15.2. The Hall–Kier alpha value is -4.53. The maximum absolute atomic E-state index is 15.2. The third-order valence-corrected chi connectivity index (χ3v) is 8.91. The first kappa shape index (κ1) is 29.5. The van der Waals surface area contributed by atoms with Gasteiger partial charge in [0.25, 0.3) is 5.91 Å². The molecule has 3 unspecified atom stereocenters. The number of para-hydroxylation sites is 1. The molecule has 6 rings (SSSR count). The third-order valence-electron chi connectivity index (χ3n) is 8.91. The van der Waals surface area contributed by atoms with Gasteiger partial charge in [0.05, 0.1) is 11.4 Å². The second-order valence-corrected chi connectivity index (χ2v) is 13.5. The summed E-state index contributed by atoms with van der Waals surface area (Å²) in [5.74, 6) is -1.25. The Morgan fingerprint density at radius 3 is 2.45 bits per heavy atom. The summed E-state index contributed by atoms with van der Waals surface area (Å²) in [4.78, 5) is 49.4. The molecule has 2 N–H and O–H groups in total. The van der Waals surface area contributed by atoms with Crippen molar-refractivity contribution in [2.75, 3.05) is 23.3 Å². The van der Waals surface area contributed by atoms with E-state index in [-0.39, 0.29) is 40.6 Å². The van der Waals surface area contributed by atoms with E-state index in [1.807, 2.05) is 24.0 Å². The third kappa shape index (κ3) is 5.83. The van der Waals surface area contributed by atoms with Gasteiger partial charge in [0.15, 0.2) is 0 Å². The maximum Gasteiger partial charge on any atom is 0.321 e. The molecule has 9 heteroatoms. The molecule has 3 aromatic carbocycles. The Balaban J connectivity index is 1.36. The van der Waals surface area contributed by atoms with Crippen LogP contribution in [-0.2, 0) is 9.59 Å². The predicted octanol–water partition coefficient (Wildman–Crippen LogP) is 5.89. The number of benzene rings is 3. The van der Waals surface area contributed by atoms with Gasteiger partial charge in [-0.15, -0.1) is 0 Å². The highest BCUT2D eigenvalue weighted by Crippen LogP contribution is 2.52. The molecule has 3 atom stereocenters. The second kappa shape index (κ2) is 11.2. The first-order valence-electron chi connectivity index (χ1n) is 15.1. The first-order chi connectivity index (χ1) is 20.9. The van der Waals surface area contributed by atoms with Crippen LogP contribution >= 0.6 is 0 Å². The van der Waals surface area contributed by atoms with Crippen LogP contribution in [0.25, 0.3) is 0 Å². The molecule has 1 saturated carbocycles. The average Bonchev–Trinajstić information content (AvgIpc) is 3.16. The minimum absolute atomic E-state index is 0.0296. The molecule has 2 fully saturated rings. The van der Waals surface area contributed by atoms with Crippen LogP contribution in [0.4, 0.5) is 20.6 Å². The van der Waals surface area contributed by atoms with Crippen LogP contribution in [0.5, 0.6) is 0 Å². The molecule has 2 heterocycles. The highest BCUT2D eigenvalue weighted by Gasteiger charge is 2.51. The van der Waals surface area contributed by atoms with Crippen molar-refractivity contribution in [2.45, 2.75) is 59.2 Å². The van der Waals surface area contributed by atoms with E-state index in [9.17, 15) is 14.4 Å². The molecule has 228 valence electrons. The number of aryl methyl sites for hydroxylation is 1. The molecule has 2 bridgehead atoms. The van der Waals surface area contributed by atoms with Crippen molar-refractivity contribution in [1.29, 1.82) is 0 Å². The van der Waals surface area contributed by atoms with Gasteiger partial charge >= 0.3 is 6.03 Å². The van der Waals surface area contributed by atoms with Crippen LogP contribution in [0.3, 0.4) is 0 Å². The Morgan fingerprint density at radius 2 is 1.70 bits per heavy atom. The molecule has 0 spiro atoms. The van der Waals surface area contributed by atoms with E-state index in [0.717, 1.165) is 24.8 Å². The molecular formula is C35H38FN5O3. The normalized spacial score (nSPS) is 23.8. The molecule has 3 aliphatic rings. The topological polar surface area (TPSA) is 94.1 Å². The Bertz CT molecular complexity index is 1670. The molecule has 3 aromatic rings. The lowest BCUT2D eigenvalue weighted by molar-refractivity contribution is -0.132. The van der Waals surface area contributed by atoms with Crippen molar-refractivity contribution >= 4 is 34.9 Å². The number of carbonyl (C=O) groups excluding carboxylic acids is 3. The number of fused-ring (bicyclic) bond motifs is 3. The van der Waals surface area contributed by atoms with Gasteiger partial charge in [-0.05, 0) is 72.9 Å². The number of anilines is 2. The van der Waals surface area contributed by atoms with Gasteiger partial charge in [0.2, 0.25) is 12.1 Å². The molecule has 8 nitrogen and oxygen atoms in total. The van der Waals surface area contributed by atoms with Crippen LogP contribution in [0.1, 0.15) is 56.7 Å². The lowest BCUT2D eigenvalue weighted by atomic mass is 9.65. The molecule has 1 saturated heterocycles. The van der Waals surface area contributed by atoms with Crippen LogP contribution in [0.2, 0.25) is 0 Å². The zero-order valence-electron chi connectivity index (χ0n) is 25.6. The average molecular weight is 596 g/mol. The van der Waals surface area contributed by atoms with Crippen molar-refractivity contribution in [2.24, 2.45) is 15.8 Å². The summed E-state index contributed by atoms with van der Waals surface area (Å²) < 4.78 is 15.2. The summed E-state index contributed by atoms with van der Waals surface area (Å²) in [7, 11) is 0. The number of rotatable bonds is 5. The zero-order chi connectivity index (χ0) is 31.2. The number of nitrogens with zero attached hydrogens (tertiary/aromatic N) is 3. The number of hydrogen-bond acceptors (Lipinski definition) is 4. The fourth-order valence-electron chi connectivity index (χ4n) is 7.55. The Kier molecular flexibility index (Phi) is 7.51. The van der Waals surface area contributed by atoms with Crippen LogP contribution in [0.15, 0.2) is 77.8 Å². The largest absolute Gasteiger partial charge is 0.338 e. The van der Waals surface area contributed by atoms with Gasteiger partial charge in [0.1, 0.15) is 12.4 Å². The summed E-state index contributed by atoms with van der Waals surface area (Å²) >= 11 is 0. The minimum Gasteiger partial charge on any atom is -0.338 e. The van der Waals surface area contributed by atoms with Gasteiger partial charge in [0, 0.05) is 29.4 Å². The van der Waals surface area contributed by atoms with Crippen molar-refractivity contribution in [3.05, 3.63) is 95.3 Å². The zero-order valence-corrected chi connectivity index (χ0v) is 25.6. The molecule has 0 radical (unpaired) electrons. The van der Waals surface area contributed by atoms with Crippen molar-refractivity contribution in [3.8, 4) is 0 Å². The predicted molar refractivity (Wildman–Crippen MR) is 169 cm³/mol. The standard InChI is InChI=1S/C35H38FN5O3/c1-22-10-9-11-23(16-22)37-33(44)39-31-32(43)40(19-29(42)41-21-35(4)18-24(41)17-34(2,3)20-35)28-15-8-6-13-26(28)30(38-31)25-12-5-7-14-27(25)36/h5-16,24,31H,17-21H2,1-4H3,(H2,37,39,44). The number of nitrogens with one attached hydrogen (secondary N) is 2. The lowest BCUT2D eigenvalue weighted by Crippen LogP contribution is -2.52. The molecule has 0 aromatic heterocycles. The second-order valence-electron chi connectivity index (χ2n) is 13.5. The fraction of sp³-hybridized carbons (Fsp3) is 0.371. The van der Waals surface area contributed by atoms with Gasteiger partial charge in [-0.1, -0.05) is 63.2 Å². The number of aliphatic imine (C=N–C) groups is 1. The number of carbonyl (C=O) groups is 3. The molecule has 4 amide bonds. The number of halogens is 1. The quantitative estimate of drug-likeness (QED) is 0.385. The van der Waals surface area contributed by atoms with Crippen molar-refractivity contribution in [1.82, 2.24) is 10.2 Å². The number of benzodiazepines with no additional fused rings is 1. The molecule has 1 aliphatic carbocycles. The van der Waals surface area contributed by atoms with E-state index >= 15 is 4.39 Å². The summed E-state index contributed by atoms with van der Waals surface area (Å²) in [6, 6.07) is 20.0. The summed E-state index contributed by atoms with van der Waals surface area (Å²) in [5, 5.41) is 5.44. The summed E-state index contributed by atoms with van der Waals surface area (Å²) in [5.41, 5.74) is 3.00. The van der Waals surface area contributed by atoms with Crippen LogP contribution < -0.4 is 15.5 Å². The molecular weight excluding hydrogens is 557 g/mol. The van der Waals surface area contributed by atoms with E-state index < -0.39 is 23.9 Å². The Morgan fingerprint density at radius 1 is 0.977 bits per heavy atom. The van der Waals surface area contributed by atoms with E-state index in [2.05, 4.69) is 36.4 Å². The van der Waals surface area contributed by atoms with Crippen molar-refractivity contribution in [3.63, 3.8) is 0 Å². The van der Waals surface area contributed by atoms with Crippen LogP contribution in [0, 0.1) is 23.6 Å². The van der Waals surface area contributed by atoms with E-state index in [1.54, 1.807) is 54.6 Å². The fourth-order valence-corrected chi connectivity index (χ4v) is 7.55. The monoisotopic (exact) mass is 595 g/mol. The molecule has 44 heavy (non-hydrogen) atoms. The van der Waals surface area contributed by atoms with E-state index in [4.69, 9.17) is 0 Å². The lowest BCUT2D eigenvalue weighted by Gasteiger charge is -2.39. The smallest absolute Gasteiger partial charge is 0.321 e. The molecule has 2 aliphatic heterocycles. The van der Waals surface area contributed by atoms with E-state index in [1.165, 1.54) is 11.0 Å². The van der Waals surface area contributed by atoms with Crippen LogP contribution in [-0.4, -0.2) is 53.8 Å². The number of urea groups is 1. The number of likely N-dealkylation sites (tertiary alicyclic amines) is 1. The van der Waals surface area contributed by atoms with E-state index in [0.29, 0.717) is 23.5 Å². The number of hydrogen-bond donors (Lipinski definition) is 2. The van der Waals surface area contributed by atoms with Gasteiger partial charge < -0.3 is 15.5 Å². The highest BCUT2D eigenvalue weighted by atomic mass is 19.1.